The van der Waals surface area contributed by atoms with Crippen molar-refractivity contribution in [2.75, 3.05) is 39.0 Å². The number of unbranched alkanes of at least 4 members (excludes halogenated alkanes) is 9. The van der Waals surface area contributed by atoms with Gasteiger partial charge in [-0.25, -0.2) is 8.42 Å². The molecule has 0 unspecified atom stereocenters. The topological polar surface area (TPSA) is 40.6 Å². The van der Waals surface area contributed by atoms with Crippen molar-refractivity contribution in [3.05, 3.63) is 0 Å². The average molecular weight is 333 g/mol. The lowest BCUT2D eigenvalue weighted by atomic mass is 10.1. The van der Waals surface area contributed by atoms with Gasteiger partial charge < -0.3 is 4.90 Å². The van der Waals surface area contributed by atoms with Crippen LogP contribution in [0.4, 0.5) is 0 Å². The molecule has 22 heavy (non-hydrogen) atoms. The molecule has 132 valence electrons. The van der Waals surface area contributed by atoms with Gasteiger partial charge in [0.05, 0.1) is 5.75 Å². The molecule has 0 atom stereocenters. The Kier molecular flexibility index (Phi) is 10.3. The van der Waals surface area contributed by atoms with Crippen LogP contribution < -0.4 is 0 Å². The second-order valence-electron chi connectivity index (χ2n) is 6.70. The van der Waals surface area contributed by atoms with Gasteiger partial charge in [0.1, 0.15) is 0 Å². The number of hydrogen-bond acceptors (Lipinski definition) is 3. The summed E-state index contributed by atoms with van der Waals surface area (Å²) in [5, 5.41) is 0. The summed E-state index contributed by atoms with van der Waals surface area (Å²) in [4.78, 5) is 2.19. The van der Waals surface area contributed by atoms with Crippen molar-refractivity contribution in [3.8, 4) is 0 Å². The SMILES string of the molecule is CCCCCCCCCCCCS(=O)(=O)N1CCN(C)CC1. The van der Waals surface area contributed by atoms with E-state index in [1.165, 1.54) is 51.4 Å². The van der Waals surface area contributed by atoms with E-state index in [0.717, 1.165) is 25.9 Å². The van der Waals surface area contributed by atoms with Crippen LogP contribution in [-0.4, -0.2) is 56.6 Å². The summed E-state index contributed by atoms with van der Waals surface area (Å²) in [7, 11) is -0.960. The normalized spacial score (nSPS) is 17.9. The van der Waals surface area contributed by atoms with Crippen LogP contribution in [0, 0.1) is 0 Å². The molecule has 0 spiro atoms. The molecular weight excluding hydrogens is 296 g/mol. The molecule has 0 radical (unpaired) electrons. The molecule has 1 fully saturated rings. The Labute approximate surface area is 138 Å². The second kappa shape index (κ2) is 11.4. The molecule has 1 aliphatic heterocycles. The fourth-order valence-electron chi connectivity index (χ4n) is 2.97. The molecular formula is C17H36N2O2S. The highest BCUT2D eigenvalue weighted by Crippen LogP contribution is 2.13. The maximum Gasteiger partial charge on any atom is 0.214 e. The largest absolute Gasteiger partial charge is 0.304 e. The van der Waals surface area contributed by atoms with Crippen LogP contribution in [0.2, 0.25) is 0 Å². The Morgan fingerprint density at radius 3 is 1.68 bits per heavy atom. The highest BCUT2D eigenvalue weighted by molar-refractivity contribution is 7.89. The summed E-state index contributed by atoms with van der Waals surface area (Å²) < 4.78 is 26.2. The zero-order valence-electron chi connectivity index (χ0n) is 14.7. The molecule has 0 aromatic heterocycles. The minimum Gasteiger partial charge on any atom is -0.304 e. The third-order valence-corrected chi connectivity index (χ3v) is 6.57. The molecule has 1 heterocycles. The van der Waals surface area contributed by atoms with Gasteiger partial charge in [-0.1, -0.05) is 64.7 Å². The van der Waals surface area contributed by atoms with Gasteiger partial charge in [-0.3, -0.25) is 0 Å². The van der Waals surface area contributed by atoms with Gasteiger partial charge in [0, 0.05) is 26.2 Å². The maximum atomic E-state index is 12.2. The first-order valence-corrected chi connectivity index (χ1v) is 10.8. The zero-order chi connectivity index (χ0) is 16.3. The minimum absolute atomic E-state index is 0.340. The van der Waals surface area contributed by atoms with Gasteiger partial charge in [-0.2, -0.15) is 4.31 Å². The number of hydrogen-bond donors (Lipinski definition) is 0. The fraction of sp³-hybridized carbons (Fsp3) is 1.00. The van der Waals surface area contributed by atoms with Crippen molar-refractivity contribution in [3.63, 3.8) is 0 Å². The van der Waals surface area contributed by atoms with Crippen molar-refractivity contribution in [1.82, 2.24) is 9.21 Å². The second-order valence-corrected chi connectivity index (χ2v) is 8.79. The summed E-state index contributed by atoms with van der Waals surface area (Å²) in [6.07, 6.45) is 12.4. The van der Waals surface area contributed by atoms with Crippen molar-refractivity contribution in [1.29, 1.82) is 0 Å². The van der Waals surface area contributed by atoms with Crippen LogP contribution in [0.25, 0.3) is 0 Å². The van der Waals surface area contributed by atoms with Crippen LogP contribution in [0.5, 0.6) is 0 Å². The standard InChI is InChI=1S/C17H36N2O2S/c1-3-4-5-6-7-8-9-10-11-12-17-22(20,21)19-15-13-18(2)14-16-19/h3-17H2,1-2H3. The van der Waals surface area contributed by atoms with Crippen molar-refractivity contribution in [2.45, 2.75) is 71.1 Å². The van der Waals surface area contributed by atoms with Crippen LogP contribution in [0.1, 0.15) is 71.1 Å². The number of nitrogens with zero attached hydrogens (tertiary/aromatic N) is 2. The van der Waals surface area contributed by atoms with Crippen molar-refractivity contribution < 1.29 is 8.42 Å². The van der Waals surface area contributed by atoms with Crippen LogP contribution in [0.3, 0.4) is 0 Å². The summed E-state index contributed by atoms with van der Waals surface area (Å²) >= 11 is 0. The highest BCUT2D eigenvalue weighted by Gasteiger charge is 2.24. The van der Waals surface area contributed by atoms with E-state index in [0.29, 0.717) is 18.8 Å². The predicted molar refractivity (Wildman–Crippen MR) is 94.7 cm³/mol. The molecule has 0 N–H and O–H groups in total. The first kappa shape index (κ1) is 19.9. The summed E-state index contributed by atoms with van der Waals surface area (Å²) in [6, 6.07) is 0. The summed E-state index contributed by atoms with van der Waals surface area (Å²) in [5.41, 5.74) is 0. The molecule has 1 rings (SSSR count). The Morgan fingerprint density at radius 1 is 0.727 bits per heavy atom. The number of sulfonamides is 1. The van der Waals surface area contributed by atoms with Gasteiger partial charge >= 0.3 is 0 Å². The molecule has 1 saturated heterocycles. The molecule has 0 amide bonds. The van der Waals surface area contributed by atoms with E-state index in [-0.39, 0.29) is 0 Å². The van der Waals surface area contributed by atoms with Crippen molar-refractivity contribution >= 4 is 10.0 Å². The van der Waals surface area contributed by atoms with Gasteiger partial charge in [0.2, 0.25) is 10.0 Å². The lowest BCUT2D eigenvalue weighted by Gasteiger charge is -2.31. The highest BCUT2D eigenvalue weighted by atomic mass is 32.2. The van der Waals surface area contributed by atoms with E-state index >= 15 is 0 Å². The quantitative estimate of drug-likeness (QED) is 0.514. The third-order valence-electron chi connectivity index (χ3n) is 4.61. The van der Waals surface area contributed by atoms with E-state index in [4.69, 9.17) is 0 Å². The maximum absolute atomic E-state index is 12.2. The molecule has 0 bridgehead atoms. The summed E-state index contributed by atoms with van der Waals surface area (Å²) in [6.45, 7) is 5.29. The molecule has 1 aliphatic rings. The first-order chi connectivity index (χ1) is 10.6. The van der Waals surface area contributed by atoms with Gasteiger partial charge in [0.15, 0.2) is 0 Å². The molecule has 0 saturated carbocycles. The Morgan fingerprint density at radius 2 is 1.18 bits per heavy atom. The van der Waals surface area contributed by atoms with E-state index < -0.39 is 10.0 Å². The number of piperazine rings is 1. The number of likely N-dealkylation sites (N-methyl/N-ethyl adjacent to an activating group) is 1. The fourth-order valence-corrected chi connectivity index (χ4v) is 4.51. The van der Waals surface area contributed by atoms with Crippen LogP contribution in [-0.2, 0) is 10.0 Å². The lowest BCUT2D eigenvalue weighted by Crippen LogP contribution is -2.47. The number of rotatable bonds is 12. The van der Waals surface area contributed by atoms with E-state index in [9.17, 15) is 8.42 Å². The molecule has 0 aliphatic carbocycles. The van der Waals surface area contributed by atoms with Crippen LogP contribution >= 0.6 is 0 Å². The van der Waals surface area contributed by atoms with E-state index in [1.807, 2.05) is 7.05 Å². The summed E-state index contributed by atoms with van der Waals surface area (Å²) in [5.74, 6) is 0.340. The van der Waals surface area contributed by atoms with Crippen molar-refractivity contribution in [2.24, 2.45) is 0 Å². The Bertz CT molecular complexity index is 363. The zero-order valence-corrected chi connectivity index (χ0v) is 15.5. The van der Waals surface area contributed by atoms with Gasteiger partial charge in [0.25, 0.3) is 0 Å². The minimum atomic E-state index is -3.01. The Balaban J connectivity index is 1.99. The molecule has 0 aromatic carbocycles. The van der Waals surface area contributed by atoms with Crippen LogP contribution in [0.15, 0.2) is 0 Å². The lowest BCUT2D eigenvalue weighted by molar-refractivity contribution is 0.222. The van der Waals surface area contributed by atoms with E-state index in [2.05, 4.69) is 11.8 Å². The predicted octanol–water partition coefficient (Wildman–Crippen LogP) is 3.48. The Hall–Kier alpha value is -0.130. The van der Waals surface area contributed by atoms with E-state index in [1.54, 1.807) is 4.31 Å². The first-order valence-electron chi connectivity index (χ1n) is 9.22. The van der Waals surface area contributed by atoms with Gasteiger partial charge in [-0.15, -0.1) is 0 Å². The molecule has 0 aromatic rings. The monoisotopic (exact) mass is 332 g/mol. The third kappa shape index (κ3) is 8.49. The average Bonchev–Trinajstić information content (AvgIpc) is 2.49. The smallest absolute Gasteiger partial charge is 0.214 e. The molecule has 4 nitrogen and oxygen atoms in total. The molecule has 5 heteroatoms. The van der Waals surface area contributed by atoms with Gasteiger partial charge in [-0.05, 0) is 13.5 Å².